The highest BCUT2D eigenvalue weighted by atomic mass is 28.4. The molecular weight excluding hydrogens is 346 g/mol. The molecule has 6 heteroatoms. The van der Waals surface area contributed by atoms with Gasteiger partial charge in [-0.3, -0.25) is 4.79 Å². The summed E-state index contributed by atoms with van der Waals surface area (Å²) in [4.78, 5) is 25.6. The van der Waals surface area contributed by atoms with Crippen molar-refractivity contribution in [3.05, 3.63) is 48.0 Å². The SMILES string of the molecule is CC(C)(C)[Si](C)(C)OC/C=C/C(=O)N1C(=O)OC[C@@H]1Cc1ccccc1. The van der Waals surface area contributed by atoms with Crippen molar-refractivity contribution in [2.75, 3.05) is 13.2 Å². The van der Waals surface area contributed by atoms with E-state index < -0.39 is 14.4 Å². The van der Waals surface area contributed by atoms with Crippen molar-refractivity contribution in [1.82, 2.24) is 4.90 Å². The standard InChI is InChI=1S/C20H29NO4Si/c1-20(2,3)26(4,5)25-13-9-12-18(22)21-17(15-24-19(21)23)14-16-10-7-6-8-11-16/h6-12,17H,13-15H2,1-5H3/b12-9+/t17-/m0/s1. The minimum Gasteiger partial charge on any atom is -0.447 e. The third kappa shape index (κ3) is 5.05. The Morgan fingerprint density at radius 2 is 1.96 bits per heavy atom. The number of rotatable bonds is 6. The lowest BCUT2D eigenvalue weighted by atomic mass is 10.1. The average Bonchev–Trinajstić information content (AvgIpc) is 2.92. The molecule has 1 aromatic rings. The summed E-state index contributed by atoms with van der Waals surface area (Å²) in [7, 11) is -1.85. The summed E-state index contributed by atoms with van der Waals surface area (Å²) in [5, 5.41) is 0.115. The molecule has 0 aromatic heterocycles. The quantitative estimate of drug-likeness (QED) is 0.553. The second-order valence-electron chi connectivity index (χ2n) is 8.10. The second kappa shape index (κ2) is 8.18. The van der Waals surface area contributed by atoms with Crippen molar-refractivity contribution in [2.24, 2.45) is 0 Å². The molecular formula is C20H29NO4Si. The van der Waals surface area contributed by atoms with Crippen LogP contribution in [-0.4, -0.2) is 44.5 Å². The van der Waals surface area contributed by atoms with Gasteiger partial charge < -0.3 is 9.16 Å². The van der Waals surface area contributed by atoms with Crippen molar-refractivity contribution in [2.45, 2.75) is 51.4 Å². The minimum atomic E-state index is -1.85. The first-order valence-corrected chi connectivity index (χ1v) is 11.9. The molecule has 142 valence electrons. The number of nitrogens with zero attached hydrogens (tertiary/aromatic N) is 1. The number of hydrogen-bond acceptors (Lipinski definition) is 4. The van der Waals surface area contributed by atoms with Crippen LogP contribution in [0.15, 0.2) is 42.5 Å². The number of hydrogen-bond donors (Lipinski definition) is 0. The summed E-state index contributed by atoms with van der Waals surface area (Å²) >= 11 is 0. The molecule has 2 amide bonds. The first-order valence-electron chi connectivity index (χ1n) is 8.96. The van der Waals surface area contributed by atoms with Crippen molar-refractivity contribution in [3.63, 3.8) is 0 Å². The Hall–Kier alpha value is -1.92. The van der Waals surface area contributed by atoms with Crippen LogP contribution in [0.2, 0.25) is 18.1 Å². The zero-order valence-electron chi connectivity index (χ0n) is 16.3. The van der Waals surface area contributed by atoms with E-state index in [9.17, 15) is 9.59 Å². The summed E-state index contributed by atoms with van der Waals surface area (Å²) in [5.74, 6) is -0.354. The Morgan fingerprint density at radius 3 is 2.58 bits per heavy atom. The summed E-state index contributed by atoms with van der Waals surface area (Å²) in [6, 6.07) is 9.51. The first kappa shape index (κ1) is 20.4. The van der Waals surface area contributed by atoms with Crippen LogP contribution in [0.5, 0.6) is 0 Å². The van der Waals surface area contributed by atoms with Gasteiger partial charge in [-0.15, -0.1) is 0 Å². The fraction of sp³-hybridized carbons (Fsp3) is 0.500. The molecule has 0 unspecified atom stereocenters. The number of imide groups is 1. The second-order valence-corrected chi connectivity index (χ2v) is 12.9. The van der Waals surface area contributed by atoms with Gasteiger partial charge in [0.1, 0.15) is 6.61 Å². The summed E-state index contributed by atoms with van der Waals surface area (Å²) in [6.07, 6.45) is 3.11. The molecule has 5 nitrogen and oxygen atoms in total. The predicted octanol–water partition coefficient (Wildman–Crippen LogP) is 4.15. The first-order chi connectivity index (χ1) is 12.1. The molecule has 1 heterocycles. The molecule has 1 saturated heterocycles. The number of amides is 2. The Morgan fingerprint density at radius 1 is 1.31 bits per heavy atom. The fourth-order valence-electron chi connectivity index (χ4n) is 2.47. The highest BCUT2D eigenvalue weighted by molar-refractivity contribution is 6.74. The number of ether oxygens (including phenoxy) is 1. The minimum absolute atomic E-state index is 0.115. The van der Waals surface area contributed by atoms with Gasteiger partial charge in [0, 0.05) is 6.08 Å². The van der Waals surface area contributed by atoms with Crippen LogP contribution >= 0.6 is 0 Å². The van der Waals surface area contributed by atoms with Gasteiger partial charge in [0.25, 0.3) is 5.91 Å². The molecule has 0 bridgehead atoms. The van der Waals surface area contributed by atoms with E-state index in [0.717, 1.165) is 5.56 Å². The largest absolute Gasteiger partial charge is 0.447 e. The maximum absolute atomic E-state index is 12.5. The van der Waals surface area contributed by atoms with Gasteiger partial charge in [-0.1, -0.05) is 57.2 Å². The van der Waals surface area contributed by atoms with Gasteiger partial charge >= 0.3 is 6.09 Å². The van der Waals surface area contributed by atoms with Gasteiger partial charge in [0.05, 0.1) is 12.6 Å². The van der Waals surface area contributed by atoms with E-state index in [2.05, 4.69) is 33.9 Å². The normalized spacial score (nSPS) is 18.4. The van der Waals surface area contributed by atoms with Crippen LogP contribution in [0.3, 0.4) is 0 Å². The van der Waals surface area contributed by atoms with Crippen LogP contribution in [0.1, 0.15) is 26.3 Å². The lowest BCUT2D eigenvalue weighted by Crippen LogP contribution is -2.41. The Balaban J connectivity index is 1.95. The van der Waals surface area contributed by atoms with Crippen LogP contribution in [0, 0.1) is 0 Å². The Bertz CT molecular complexity index is 664. The molecule has 0 saturated carbocycles. The van der Waals surface area contributed by atoms with Gasteiger partial charge in [0.2, 0.25) is 0 Å². The van der Waals surface area contributed by atoms with Crippen molar-refractivity contribution < 1.29 is 18.8 Å². The fourth-order valence-corrected chi connectivity index (χ4v) is 3.42. The number of carbonyl (C=O) groups excluding carboxylic acids is 2. The van der Waals surface area contributed by atoms with Crippen LogP contribution < -0.4 is 0 Å². The Labute approximate surface area is 157 Å². The molecule has 0 spiro atoms. The van der Waals surface area contributed by atoms with E-state index in [1.807, 2.05) is 30.3 Å². The summed E-state index contributed by atoms with van der Waals surface area (Å²) in [6.45, 7) is 11.4. The van der Waals surface area contributed by atoms with Gasteiger partial charge in [-0.25, -0.2) is 9.69 Å². The van der Waals surface area contributed by atoms with Crippen LogP contribution in [0.25, 0.3) is 0 Å². The molecule has 1 atom stereocenters. The maximum Gasteiger partial charge on any atom is 0.417 e. The monoisotopic (exact) mass is 375 g/mol. The zero-order valence-corrected chi connectivity index (χ0v) is 17.3. The predicted molar refractivity (Wildman–Crippen MR) is 104 cm³/mol. The average molecular weight is 376 g/mol. The number of benzene rings is 1. The summed E-state index contributed by atoms with van der Waals surface area (Å²) in [5.41, 5.74) is 1.07. The molecule has 1 aromatic carbocycles. The van der Waals surface area contributed by atoms with Gasteiger partial charge in [-0.2, -0.15) is 0 Å². The third-order valence-electron chi connectivity index (χ3n) is 5.12. The summed E-state index contributed by atoms with van der Waals surface area (Å²) < 4.78 is 11.1. The number of cyclic esters (lactones) is 1. The van der Waals surface area contributed by atoms with Crippen LogP contribution in [0.4, 0.5) is 4.79 Å². The molecule has 26 heavy (non-hydrogen) atoms. The molecule has 0 aliphatic carbocycles. The maximum atomic E-state index is 12.5. The Kier molecular flexibility index (Phi) is 6.42. The van der Waals surface area contributed by atoms with E-state index in [1.165, 1.54) is 11.0 Å². The van der Waals surface area contributed by atoms with Crippen LogP contribution in [-0.2, 0) is 20.4 Å². The van der Waals surface area contributed by atoms with E-state index in [1.54, 1.807) is 6.08 Å². The molecule has 0 N–H and O–H groups in total. The smallest absolute Gasteiger partial charge is 0.417 e. The van der Waals surface area contributed by atoms with E-state index in [4.69, 9.17) is 9.16 Å². The molecule has 2 rings (SSSR count). The highest BCUT2D eigenvalue weighted by Gasteiger charge is 2.38. The van der Waals surface area contributed by atoms with Crippen molar-refractivity contribution in [1.29, 1.82) is 0 Å². The zero-order chi connectivity index (χ0) is 19.4. The molecule has 1 fully saturated rings. The van der Waals surface area contributed by atoms with E-state index in [0.29, 0.717) is 13.0 Å². The highest BCUT2D eigenvalue weighted by Crippen LogP contribution is 2.36. The number of carbonyl (C=O) groups is 2. The lowest BCUT2D eigenvalue weighted by molar-refractivity contribution is -0.124. The molecule has 0 radical (unpaired) electrons. The van der Waals surface area contributed by atoms with Crippen molar-refractivity contribution >= 4 is 20.3 Å². The lowest BCUT2D eigenvalue weighted by Gasteiger charge is -2.35. The van der Waals surface area contributed by atoms with Crippen molar-refractivity contribution in [3.8, 4) is 0 Å². The van der Waals surface area contributed by atoms with E-state index >= 15 is 0 Å². The van der Waals surface area contributed by atoms with Gasteiger partial charge in [0.15, 0.2) is 8.32 Å². The van der Waals surface area contributed by atoms with E-state index in [-0.39, 0.29) is 23.6 Å². The molecule has 1 aliphatic heterocycles. The third-order valence-corrected chi connectivity index (χ3v) is 9.62. The van der Waals surface area contributed by atoms with Gasteiger partial charge in [-0.05, 0) is 30.1 Å². The topological polar surface area (TPSA) is 55.8 Å². The molecule has 1 aliphatic rings.